The number of rotatable bonds is 15. The number of hydrogen-bond donors (Lipinski definition) is 0. The van der Waals surface area contributed by atoms with Gasteiger partial charge >= 0.3 is 0 Å². The second-order valence-electron chi connectivity index (χ2n) is 30.6. The highest BCUT2D eigenvalue weighted by atomic mass is 16.3. The van der Waals surface area contributed by atoms with E-state index in [0.29, 0.717) is 0 Å². The molecule has 0 bridgehead atoms. The van der Waals surface area contributed by atoms with Gasteiger partial charge < -0.3 is 27.8 Å². The van der Waals surface area contributed by atoms with Crippen molar-refractivity contribution in [3.8, 4) is 89.3 Å². The Balaban J connectivity index is 0.578. The fourth-order valence-electron chi connectivity index (χ4n) is 18.4. The van der Waals surface area contributed by atoms with Crippen LogP contribution in [0.15, 0.2) is 446 Å². The van der Waals surface area contributed by atoms with Gasteiger partial charge in [0.2, 0.25) is 0 Å². The number of hydrogen-bond acceptors (Lipinski definition) is 4. The summed E-state index contributed by atoms with van der Waals surface area (Å²) in [5.74, 6) is 0. The zero-order valence-corrected chi connectivity index (χ0v) is 64.2. The van der Waals surface area contributed by atoms with Gasteiger partial charge in [-0.1, -0.05) is 303 Å². The summed E-state index contributed by atoms with van der Waals surface area (Å²) in [6.07, 6.45) is 0. The van der Waals surface area contributed by atoms with E-state index in [4.69, 9.17) is 8.83 Å². The first-order chi connectivity index (χ1) is 58.5. The highest BCUT2D eigenvalue weighted by Gasteiger charge is 2.25. The summed E-state index contributed by atoms with van der Waals surface area (Å²) in [6.45, 7) is 0. The molecule has 0 amide bonds. The van der Waals surface area contributed by atoms with Crippen molar-refractivity contribution in [3.63, 3.8) is 0 Å². The molecular weight excluding hydrogens is 1430 g/mol. The van der Waals surface area contributed by atoms with E-state index in [2.05, 4.69) is 444 Å². The molecule has 23 aromatic rings. The van der Waals surface area contributed by atoms with E-state index in [0.717, 1.165) is 167 Å². The molecule has 0 aliphatic carbocycles. The molecule has 118 heavy (non-hydrogen) atoms. The molecule has 0 unspecified atom stereocenters. The molecule has 0 radical (unpaired) electrons. The first-order valence-corrected chi connectivity index (χ1v) is 40.3. The zero-order chi connectivity index (χ0) is 77.7. The molecule has 0 atom stereocenters. The Bertz CT molecular complexity index is 7790. The maximum Gasteiger partial charge on any atom is 0.143 e. The Kier molecular flexibility index (Phi) is 16.2. The SMILES string of the molecule is c1cc(-c2ccc(N(c3ccc(-c4cccc5c4oc4ccccc45)cc3)c3cccc(-c4ccccc4-n4c5ccccc5c5ccccc54)c3)cc2)cc(-c2ccc3oc4c(-c5ccc(N(c6cccc(-c7ccccc7-n7c8ccccc8c8ccccc87)c6)c6ccccc6-c6ccc7ccccc7c6)cc5)cccc4c3c2)c1. The summed E-state index contributed by atoms with van der Waals surface area (Å²) in [6, 6.07) is 159. The van der Waals surface area contributed by atoms with Gasteiger partial charge in [-0.15, -0.1) is 0 Å². The average molecular weight is 1510 g/mol. The van der Waals surface area contributed by atoms with Gasteiger partial charge in [-0.25, -0.2) is 0 Å². The van der Waals surface area contributed by atoms with E-state index in [-0.39, 0.29) is 0 Å². The molecule has 0 saturated carbocycles. The van der Waals surface area contributed by atoms with Crippen LogP contribution >= 0.6 is 0 Å². The van der Waals surface area contributed by atoms with Gasteiger partial charge in [0, 0.05) is 99.3 Å². The summed E-state index contributed by atoms with van der Waals surface area (Å²) in [4.78, 5) is 4.80. The molecule has 6 nitrogen and oxygen atoms in total. The molecule has 0 aliphatic rings. The van der Waals surface area contributed by atoms with E-state index in [1.165, 1.54) is 54.4 Å². The molecule has 0 N–H and O–H groups in total. The van der Waals surface area contributed by atoms with Crippen molar-refractivity contribution in [1.29, 1.82) is 0 Å². The van der Waals surface area contributed by atoms with E-state index in [1.807, 2.05) is 12.1 Å². The number of nitrogens with zero attached hydrogens (tertiary/aromatic N) is 4. The number of fused-ring (bicyclic) bond motifs is 13. The van der Waals surface area contributed by atoms with Crippen LogP contribution in [-0.4, -0.2) is 9.13 Å². The lowest BCUT2D eigenvalue weighted by atomic mass is 9.97. The number of para-hydroxylation sites is 10. The molecule has 4 aromatic heterocycles. The Hall–Kier alpha value is -15.8. The standard InChI is InChI=1S/C112H72N4O2/c1-2-25-77-69-83(53-52-73(77)24-1)91-34-3-11-44-102(91)114(88-31-21-29-82(71-88)90-33-5-13-46-104(90)116-107-49-16-8-37-96(107)97-38-9-17-50-108(97)116)86-65-58-76(59-66-86)93-41-23-43-100-101-72-80(60-67-110(101)118-112(93)100)79-27-19-26-78(68-79)74-54-61-84(62-55-74)113(85-63-56-75(57-64-85)92-40-22-42-99-98-39-10-18-51-109(98)117-111(92)99)87-30-20-28-81(70-87)89-32-4-12-45-103(89)115-105-47-14-6-35-94(105)95-36-7-15-48-106(95)115/h1-72H. The third kappa shape index (κ3) is 11.5. The van der Waals surface area contributed by atoms with Crippen LogP contribution in [-0.2, 0) is 0 Å². The molecule has 19 aromatic carbocycles. The number of furan rings is 2. The molecule has 552 valence electrons. The van der Waals surface area contributed by atoms with E-state index in [9.17, 15) is 0 Å². The summed E-state index contributed by atoms with van der Waals surface area (Å²) >= 11 is 0. The van der Waals surface area contributed by atoms with Crippen LogP contribution in [0.5, 0.6) is 0 Å². The number of anilines is 6. The lowest BCUT2D eigenvalue weighted by Crippen LogP contribution is -2.11. The van der Waals surface area contributed by atoms with Crippen molar-refractivity contribution in [2.45, 2.75) is 0 Å². The molecule has 23 rings (SSSR count). The van der Waals surface area contributed by atoms with Crippen LogP contribution in [0.3, 0.4) is 0 Å². The minimum absolute atomic E-state index is 0.839. The summed E-state index contributed by atoms with van der Waals surface area (Å²) < 4.78 is 18.4. The molecule has 4 heterocycles. The molecule has 0 fully saturated rings. The normalized spacial score (nSPS) is 11.7. The third-order valence-electron chi connectivity index (χ3n) is 23.9. The van der Waals surface area contributed by atoms with Gasteiger partial charge in [-0.3, -0.25) is 0 Å². The Morgan fingerprint density at radius 1 is 0.178 bits per heavy atom. The topological polar surface area (TPSA) is 42.6 Å². The van der Waals surface area contributed by atoms with Crippen molar-refractivity contribution in [2.75, 3.05) is 9.80 Å². The summed E-state index contributed by atoms with van der Waals surface area (Å²) in [5, 5.41) is 11.7. The molecule has 0 spiro atoms. The lowest BCUT2D eigenvalue weighted by Gasteiger charge is -2.28. The van der Waals surface area contributed by atoms with Gasteiger partial charge in [0.25, 0.3) is 0 Å². The highest BCUT2D eigenvalue weighted by Crippen LogP contribution is 2.48. The molecule has 0 aliphatic heterocycles. The van der Waals surface area contributed by atoms with Gasteiger partial charge in [0.1, 0.15) is 22.3 Å². The van der Waals surface area contributed by atoms with Gasteiger partial charge in [-0.2, -0.15) is 0 Å². The Morgan fingerprint density at radius 3 is 1.11 bits per heavy atom. The van der Waals surface area contributed by atoms with Crippen LogP contribution in [0.25, 0.3) is 188 Å². The second kappa shape index (κ2) is 28.1. The highest BCUT2D eigenvalue weighted by molar-refractivity contribution is 6.14. The van der Waals surface area contributed by atoms with Gasteiger partial charge in [0.15, 0.2) is 0 Å². The molecule has 6 heteroatoms. The van der Waals surface area contributed by atoms with Crippen molar-refractivity contribution in [1.82, 2.24) is 9.13 Å². The maximum absolute atomic E-state index is 6.98. The zero-order valence-electron chi connectivity index (χ0n) is 64.2. The third-order valence-corrected chi connectivity index (χ3v) is 23.9. The largest absolute Gasteiger partial charge is 0.455 e. The van der Waals surface area contributed by atoms with Crippen molar-refractivity contribution in [2.24, 2.45) is 0 Å². The minimum atomic E-state index is 0.839. The predicted molar refractivity (Wildman–Crippen MR) is 495 cm³/mol. The lowest BCUT2D eigenvalue weighted by molar-refractivity contribution is 0.669. The van der Waals surface area contributed by atoms with E-state index in [1.54, 1.807) is 0 Å². The number of benzene rings is 19. The Labute approximate surface area is 681 Å². The Morgan fingerprint density at radius 2 is 0.542 bits per heavy atom. The number of aromatic nitrogens is 2. The van der Waals surface area contributed by atoms with Crippen molar-refractivity contribution >= 4 is 132 Å². The average Bonchev–Trinajstić information content (AvgIpc) is 1.60. The van der Waals surface area contributed by atoms with Gasteiger partial charge in [-0.05, 0) is 194 Å². The fraction of sp³-hybridized carbons (Fsp3) is 0. The van der Waals surface area contributed by atoms with E-state index < -0.39 is 0 Å². The molecule has 0 saturated heterocycles. The van der Waals surface area contributed by atoms with Crippen LogP contribution in [0.1, 0.15) is 0 Å². The quantitative estimate of drug-likeness (QED) is 0.103. The minimum Gasteiger partial charge on any atom is -0.455 e. The van der Waals surface area contributed by atoms with Gasteiger partial charge in [0.05, 0.1) is 39.1 Å². The molecular formula is C112H72N4O2. The summed E-state index contributed by atoms with van der Waals surface area (Å²) in [7, 11) is 0. The second-order valence-corrected chi connectivity index (χ2v) is 30.6. The van der Waals surface area contributed by atoms with Crippen molar-refractivity contribution < 1.29 is 8.83 Å². The summed E-state index contributed by atoms with van der Waals surface area (Å²) in [5.41, 5.74) is 32.1. The maximum atomic E-state index is 6.98. The first-order valence-electron chi connectivity index (χ1n) is 40.3. The van der Waals surface area contributed by atoms with Crippen LogP contribution in [0.2, 0.25) is 0 Å². The fourth-order valence-corrected chi connectivity index (χ4v) is 18.4. The predicted octanol–water partition coefficient (Wildman–Crippen LogP) is 31.4. The smallest absolute Gasteiger partial charge is 0.143 e. The monoisotopic (exact) mass is 1500 g/mol. The van der Waals surface area contributed by atoms with Crippen LogP contribution < -0.4 is 9.80 Å². The van der Waals surface area contributed by atoms with Crippen molar-refractivity contribution in [3.05, 3.63) is 437 Å². The van der Waals surface area contributed by atoms with E-state index >= 15 is 0 Å². The van der Waals surface area contributed by atoms with Crippen LogP contribution in [0.4, 0.5) is 34.1 Å². The first kappa shape index (κ1) is 67.9. The van der Waals surface area contributed by atoms with Crippen LogP contribution in [0, 0.1) is 0 Å².